The Morgan fingerprint density at radius 1 is 1.00 bits per heavy atom. The average molecular weight is 689 g/mol. The summed E-state index contributed by atoms with van der Waals surface area (Å²) in [5, 5.41) is 0. The molecule has 0 radical (unpaired) electrons. The van der Waals surface area contributed by atoms with Crippen LogP contribution in [0, 0.1) is 0 Å². The highest BCUT2D eigenvalue weighted by atomic mass is 127. The van der Waals surface area contributed by atoms with Gasteiger partial charge in [-0.15, -0.1) is 0 Å². The van der Waals surface area contributed by atoms with Crippen molar-refractivity contribution in [3.8, 4) is 0 Å². The molecule has 0 aromatic heterocycles. The molecule has 0 aromatic carbocycles. The molecule has 1 nitrogen and oxygen atoms in total. The molecule has 0 aliphatic rings. The zero-order chi connectivity index (χ0) is 7.71. The summed E-state index contributed by atoms with van der Waals surface area (Å²) in [6.07, 6.45) is 0. The van der Waals surface area contributed by atoms with Gasteiger partial charge in [-0.2, -0.15) is 0 Å². The lowest BCUT2D eigenvalue weighted by Gasteiger charge is -2.27. The van der Waals surface area contributed by atoms with Crippen LogP contribution in [0.1, 0.15) is 0 Å². The van der Waals surface area contributed by atoms with Gasteiger partial charge in [0.1, 0.15) is 0.864 Å². The van der Waals surface area contributed by atoms with Crippen molar-refractivity contribution >= 4 is 113 Å². The van der Waals surface area contributed by atoms with Gasteiger partial charge in [0.25, 0.3) is 0 Å². The molecule has 0 bridgehead atoms. The first-order valence-corrected chi connectivity index (χ1v) is 7.35. The fourth-order valence-electron chi connectivity index (χ4n) is 0.116. The monoisotopic (exact) mass is 689 g/mol. The quantitative estimate of drug-likeness (QED) is 0.350. The highest BCUT2D eigenvalue weighted by molar-refractivity contribution is 14.3. The molecule has 0 aliphatic heterocycles. The second-order valence-corrected chi connectivity index (χ2v) is 18.2. The summed E-state index contributed by atoms with van der Waals surface area (Å²) < 4.78 is 0.361. The van der Waals surface area contributed by atoms with Crippen LogP contribution in [0.2, 0.25) is 0 Å². The van der Waals surface area contributed by atoms with Crippen LogP contribution in [0.5, 0.6) is 0 Å². The van der Waals surface area contributed by atoms with E-state index >= 15 is 0 Å². The van der Waals surface area contributed by atoms with Crippen LogP contribution in [-0.4, -0.2) is 7.41 Å². The van der Waals surface area contributed by atoms with Crippen molar-refractivity contribution in [3.05, 3.63) is 0 Å². The molecule has 0 saturated heterocycles. The maximum Gasteiger partial charge on any atom is 0.149 e. The van der Waals surface area contributed by atoms with E-state index in [4.69, 9.17) is 5.73 Å². The van der Waals surface area contributed by atoms with Gasteiger partial charge in [0.15, 0.2) is 0 Å². The van der Waals surface area contributed by atoms with Crippen molar-refractivity contribution in [1.29, 1.82) is 0 Å². The molecular formula is C3H4I5N. The Hall–Kier alpha value is 3.61. The van der Waals surface area contributed by atoms with E-state index in [-0.39, 0.29) is 0.864 Å². The number of alkyl halides is 5. The van der Waals surface area contributed by atoms with Gasteiger partial charge in [-0.25, -0.2) is 0 Å². The number of halogens is 5. The molecule has 0 heterocycles. The van der Waals surface area contributed by atoms with Gasteiger partial charge in [0.2, 0.25) is 0 Å². The van der Waals surface area contributed by atoms with Crippen molar-refractivity contribution in [2.24, 2.45) is 5.73 Å². The summed E-state index contributed by atoms with van der Waals surface area (Å²) in [4.78, 5) is 0. The first kappa shape index (κ1) is 12.6. The standard InChI is InChI=1S/C3H4I5N/c4-2(5,1-9)3(6,7)8/h1,9H2. The highest BCUT2D eigenvalue weighted by Crippen LogP contribution is 2.53. The maximum atomic E-state index is 5.56. The number of hydrogen-bond acceptors (Lipinski definition) is 1. The highest BCUT2D eigenvalue weighted by Gasteiger charge is 2.40. The van der Waals surface area contributed by atoms with E-state index in [0.29, 0.717) is 6.54 Å². The van der Waals surface area contributed by atoms with E-state index in [9.17, 15) is 0 Å². The molecule has 2 N–H and O–H groups in total. The first-order chi connectivity index (χ1) is 3.81. The maximum absolute atomic E-state index is 5.56. The second-order valence-electron chi connectivity index (χ2n) is 1.41. The molecule has 0 rings (SSSR count). The number of nitrogens with two attached hydrogens (primary N) is 1. The van der Waals surface area contributed by atoms with Crippen LogP contribution < -0.4 is 5.73 Å². The molecule has 56 valence electrons. The van der Waals surface area contributed by atoms with Crippen LogP contribution in [0.3, 0.4) is 0 Å². The summed E-state index contributed by atoms with van der Waals surface area (Å²) in [7, 11) is 0. The number of hydrogen-bond donors (Lipinski definition) is 1. The molecule has 0 fully saturated rings. The molecule has 0 unspecified atom stereocenters. The molecule has 0 amide bonds. The molecule has 9 heavy (non-hydrogen) atoms. The number of rotatable bonds is 2. The third-order valence-corrected chi connectivity index (χ3v) is 12.1. The summed E-state index contributed by atoms with van der Waals surface area (Å²) in [6, 6.07) is 0. The predicted octanol–water partition coefficient (Wildman–Crippen LogP) is 3.47. The Kier molecular flexibility index (Phi) is 6.64. The van der Waals surface area contributed by atoms with Gasteiger partial charge in [-0.1, -0.05) is 113 Å². The Bertz CT molecular complexity index is 94.9. The lowest BCUT2D eigenvalue weighted by Crippen LogP contribution is -2.35. The SMILES string of the molecule is NCC(I)(I)C(I)(I)I. The molecular weight excluding hydrogens is 685 g/mol. The van der Waals surface area contributed by atoms with Crippen molar-refractivity contribution in [1.82, 2.24) is 0 Å². The normalized spacial score (nSPS) is 14.0. The Morgan fingerprint density at radius 3 is 1.33 bits per heavy atom. The lowest BCUT2D eigenvalue weighted by molar-refractivity contribution is 0.959. The van der Waals surface area contributed by atoms with Crippen molar-refractivity contribution in [2.45, 2.75) is 0.864 Å². The smallest absolute Gasteiger partial charge is 0.149 e. The van der Waals surface area contributed by atoms with E-state index in [1.165, 1.54) is 0 Å². The van der Waals surface area contributed by atoms with E-state index in [2.05, 4.69) is 113 Å². The molecule has 0 aliphatic carbocycles. The minimum Gasteiger partial charge on any atom is -0.328 e. The van der Waals surface area contributed by atoms with Crippen molar-refractivity contribution in [3.63, 3.8) is 0 Å². The lowest BCUT2D eigenvalue weighted by atomic mass is 10.5. The van der Waals surface area contributed by atoms with Crippen LogP contribution >= 0.6 is 113 Å². The van der Waals surface area contributed by atoms with Crippen molar-refractivity contribution in [2.75, 3.05) is 6.54 Å². The molecule has 0 atom stereocenters. The summed E-state index contributed by atoms with van der Waals surface area (Å²) in [5.41, 5.74) is 5.56. The zero-order valence-corrected chi connectivity index (χ0v) is 15.0. The second kappa shape index (κ2) is 4.74. The zero-order valence-electron chi connectivity index (χ0n) is 4.17. The third-order valence-electron chi connectivity index (χ3n) is 0.671. The molecule has 6 heteroatoms. The minimum atomic E-state index is 0.157. The van der Waals surface area contributed by atoms with Crippen LogP contribution in [0.4, 0.5) is 0 Å². The van der Waals surface area contributed by atoms with Crippen LogP contribution in [-0.2, 0) is 0 Å². The summed E-state index contributed by atoms with van der Waals surface area (Å²) >= 11 is 12.0. The molecule has 0 aromatic rings. The summed E-state index contributed by atoms with van der Waals surface area (Å²) in [5.74, 6) is 0. The first-order valence-electron chi connectivity index (χ1n) is 1.96. The van der Waals surface area contributed by atoms with Crippen molar-refractivity contribution < 1.29 is 0 Å². The average Bonchev–Trinajstić information content (AvgIpc) is 1.64. The van der Waals surface area contributed by atoms with Gasteiger partial charge in [0, 0.05) is 6.54 Å². The molecule has 0 saturated carbocycles. The Labute approximate surface area is 123 Å². The van der Waals surface area contributed by atoms with Crippen LogP contribution in [0.15, 0.2) is 0 Å². The predicted molar refractivity (Wildman–Crippen MR) is 84.6 cm³/mol. The minimum absolute atomic E-state index is 0.157. The van der Waals surface area contributed by atoms with Gasteiger partial charge in [-0.05, 0) is 0 Å². The third kappa shape index (κ3) is 4.40. The van der Waals surface area contributed by atoms with Gasteiger partial charge in [0.05, 0.1) is 0 Å². The Morgan fingerprint density at radius 2 is 1.33 bits per heavy atom. The summed E-state index contributed by atoms with van der Waals surface area (Å²) in [6.45, 7) is 0.711. The van der Waals surface area contributed by atoms with Gasteiger partial charge >= 0.3 is 0 Å². The molecule has 0 spiro atoms. The van der Waals surface area contributed by atoms with E-state index in [1.807, 2.05) is 0 Å². The fraction of sp³-hybridized carbons (Fsp3) is 1.00. The van der Waals surface area contributed by atoms with E-state index < -0.39 is 0 Å². The van der Waals surface area contributed by atoms with Gasteiger partial charge in [-0.3, -0.25) is 0 Å². The van der Waals surface area contributed by atoms with Crippen LogP contribution in [0.25, 0.3) is 0 Å². The fourth-order valence-corrected chi connectivity index (χ4v) is 0.776. The van der Waals surface area contributed by atoms with Gasteiger partial charge < -0.3 is 5.73 Å². The van der Waals surface area contributed by atoms with E-state index in [1.54, 1.807) is 0 Å². The largest absolute Gasteiger partial charge is 0.328 e. The van der Waals surface area contributed by atoms with E-state index in [0.717, 1.165) is 0 Å². The Balaban J connectivity index is 4.14. The topological polar surface area (TPSA) is 26.0 Å².